The normalized spacial score (nSPS) is 11.2. The Bertz CT molecular complexity index is 1250. The van der Waals surface area contributed by atoms with Gasteiger partial charge < -0.3 is 4.74 Å². The molecule has 0 N–H and O–H groups in total. The van der Waals surface area contributed by atoms with E-state index >= 15 is 0 Å². The number of ether oxygens (including phenoxy) is 1. The van der Waals surface area contributed by atoms with Crippen LogP contribution in [0.5, 0.6) is 0 Å². The van der Waals surface area contributed by atoms with Crippen molar-refractivity contribution < 1.29 is 22.7 Å². The van der Waals surface area contributed by atoms with Crippen LogP contribution in [0, 0.1) is 17.5 Å². The van der Waals surface area contributed by atoms with Gasteiger partial charge >= 0.3 is 5.97 Å². The largest absolute Gasteiger partial charge is 0.464 e. The maximum Gasteiger partial charge on any atom is 0.359 e. The zero-order chi connectivity index (χ0) is 20.7. The quantitative estimate of drug-likeness (QED) is 0.490. The monoisotopic (exact) mass is 400 g/mol. The fourth-order valence-corrected chi connectivity index (χ4v) is 3.18. The van der Waals surface area contributed by atoms with Crippen molar-refractivity contribution in [2.24, 2.45) is 7.05 Å². The van der Waals surface area contributed by atoms with Crippen LogP contribution in [-0.4, -0.2) is 32.6 Å². The van der Waals surface area contributed by atoms with E-state index in [1.807, 2.05) is 0 Å². The van der Waals surface area contributed by atoms with E-state index in [2.05, 4.69) is 14.9 Å². The summed E-state index contributed by atoms with van der Waals surface area (Å²) < 4.78 is 50.7. The average Bonchev–Trinajstić information content (AvgIpc) is 3.30. The minimum Gasteiger partial charge on any atom is -0.464 e. The first kappa shape index (κ1) is 18.7. The summed E-state index contributed by atoms with van der Waals surface area (Å²) in [6, 6.07) is 6.38. The summed E-state index contributed by atoms with van der Waals surface area (Å²) >= 11 is 0. The van der Waals surface area contributed by atoms with Gasteiger partial charge in [0.1, 0.15) is 23.0 Å². The van der Waals surface area contributed by atoms with Crippen LogP contribution in [0.25, 0.3) is 22.0 Å². The van der Waals surface area contributed by atoms with Crippen LogP contribution in [0.4, 0.5) is 13.2 Å². The standard InChI is InChI=1S/C20H15F3N4O2/c1-26-9-13(8-24-26)11-3-4-12(16(23)7-11)10-27-19-15(22)6-5-14(21)17(19)18(25-27)20(28)29-2/h3-9H,10H2,1-2H3. The van der Waals surface area contributed by atoms with Gasteiger partial charge in [-0.2, -0.15) is 10.2 Å². The van der Waals surface area contributed by atoms with Crippen molar-refractivity contribution in [1.82, 2.24) is 19.6 Å². The molecule has 0 unspecified atom stereocenters. The highest BCUT2D eigenvalue weighted by atomic mass is 19.1. The van der Waals surface area contributed by atoms with E-state index in [4.69, 9.17) is 0 Å². The lowest BCUT2D eigenvalue weighted by molar-refractivity contribution is 0.0595. The number of hydrogen-bond donors (Lipinski definition) is 0. The van der Waals surface area contributed by atoms with E-state index < -0.39 is 23.4 Å². The maximum atomic E-state index is 14.7. The number of carbonyl (C=O) groups is 1. The first-order valence-electron chi connectivity index (χ1n) is 8.59. The van der Waals surface area contributed by atoms with Crippen LogP contribution >= 0.6 is 0 Å². The summed E-state index contributed by atoms with van der Waals surface area (Å²) in [6.07, 6.45) is 3.35. The number of esters is 1. The Morgan fingerprint density at radius 1 is 1.07 bits per heavy atom. The second kappa shape index (κ2) is 7.08. The Kier molecular flexibility index (Phi) is 4.57. The van der Waals surface area contributed by atoms with Crippen LogP contribution in [0.3, 0.4) is 0 Å². The molecule has 2 aromatic heterocycles. The highest BCUT2D eigenvalue weighted by Gasteiger charge is 2.24. The van der Waals surface area contributed by atoms with Crippen molar-refractivity contribution in [3.05, 3.63) is 71.4 Å². The Morgan fingerprint density at radius 3 is 2.48 bits per heavy atom. The van der Waals surface area contributed by atoms with E-state index in [0.29, 0.717) is 5.56 Å². The number of methoxy groups -OCH3 is 1. The summed E-state index contributed by atoms with van der Waals surface area (Å²) in [7, 11) is 2.87. The molecule has 0 radical (unpaired) electrons. The number of halogens is 3. The number of rotatable bonds is 4. The second-order valence-corrected chi connectivity index (χ2v) is 6.46. The average molecular weight is 400 g/mol. The third-order valence-corrected chi connectivity index (χ3v) is 4.58. The molecule has 0 aliphatic rings. The topological polar surface area (TPSA) is 61.9 Å². The smallest absolute Gasteiger partial charge is 0.359 e. The molecule has 0 saturated carbocycles. The Labute approximate surface area is 163 Å². The van der Waals surface area contributed by atoms with Crippen LogP contribution in [-0.2, 0) is 18.3 Å². The van der Waals surface area contributed by atoms with Gasteiger partial charge in [-0.15, -0.1) is 0 Å². The number of carbonyl (C=O) groups excluding carboxylic acids is 1. The van der Waals surface area contributed by atoms with Gasteiger partial charge in [0.2, 0.25) is 0 Å². The van der Waals surface area contributed by atoms with Gasteiger partial charge in [0, 0.05) is 24.4 Å². The molecular weight excluding hydrogens is 385 g/mol. The third kappa shape index (κ3) is 3.24. The van der Waals surface area contributed by atoms with E-state index in [1.54, 1.807) is 30.2 Å². The van der Waals surface area contributed by atoms with Crippen molar-refractivity contribution >= 4 is 16.9 Å². The molecule has 4 rings (SSSR count). The zero-order valence-electron chi connectivity index (χ0n) is 15.5. The lowest BCUT2D eigenvalue weighted by Gasteiger charge is -2.07. The third-order valence-electron chi connectivity index (χ3n) is 4.58. The predicted octanol–water partition coefficient (Wildman–Crippen LogP) is 3.69. The zero-order valence-corrected chi connectivity index (χ0v) is 15.5. The van der Waals surface area contributed by atoms with Gasteiger partial charge in [0.15, 0.2) is 5.69 Å². The van der Waals surface area contributed by atoms with E-state index in [9.17, 15) is 18.0 Å². The summed E-state index contributed by atoms with van der Waals surface area (Å²) in [6.45, 7) is -0.201. The number of hydrogen-bond acceptors (Lipinski definition) is 4. The predicted molar refractivity (Wildman–Crippen MR) is 98.7 cm³/mol. The Balaban J connectivity index is 1.78. The fourth-order valence-electron chi connectivity index (χ4n) is 3.18. The number of fused-ring (bicyclic) bond motifs is 1. The molecule has 0 fully saturated rings. The minimum absolute atomic E-state index is 0.196. The fraction of sp³-hybridized carbons (Fsp3) is 0.150. The van der Waals surface area contributed by atoms with Gasteiger partial charge in [-0.05, 0) is 23.8 Å². The van der Waals surface area contributed by atoms with Crippen molar-refractivity contribution in [2.75, 3.05) is 7.11 Å². The van der Waals surface area contributed by atoms with Gasteiger partial charge in [0.25, 0.3) is 0 Å². The van der Waals surface area contributed by atoms with Crippen molar-refractivity contribution in [3.8, 4) is 11.1 Å². The Hall–Kier alpha value is -3.62. The molecule has 4 aromatic rings. The molecule has 0 amide bonds. The van der Waals surface area contributed by atoms with E-state index in [1.165, 1.54) is 12.1 Å². The first-order valence-corrected chi connectivity index (χ1v) is 8.59. The minimum atomic E-state index is -0.911. The number of benzene rings is 2. The highest BCUT2D eigenvalue weighted by Crippen LogP contribution is 2.27. The van der Waals surface area contributed by atoms with Crippen molar-refractivity contribution in [1.29, 1.82) is 0 Å². The Morgan fingerprint density at radius 2 is 1.83 bits per heavy atom. The lowest BCUT2D eigenvalue weighted by atomic mass is 10.1. The molecule has 29 heavy (non-hydrogen) atoms. The summed E-state index contributed by atoms with van der Waals surface area (Å²) in [5, 5.41) is 7.73. The van der Waals surface area contributed by atoms with E-state index in [0.717, 1.165) is 29.5 Å². The van der Waals surface area contributed by atoms with Gasteiger partial charge in [-0.3, -0.25) is 9.36 Å². The second-order valence-electron chi connectivity index (χ2n) is 6.46. The molecule has 0 atom stereocenters. The van der Waals surface area contributed by atoms with Crippen LogP contribution in [0.1, 0.15) is 16.1 Å². The molecule has 2 heterocycles. The molecule has 6 nitrogen and oxygen atoms in total. The lowest BCUT2D eigenvalue weighted by Crippen LogP contribution is -2.07. The maximum absolute atomic E-state index is 14.7. The molecule has 2 aromatic carbocycles. The number of aryl methyl sites for hydroxylation is 1. The molecule has 0 aliphatic carbocycles. The molecular formula is C20H15F3N4O2. The van der Waals surface area contributed by atoms with Crippen LogP contribution < -0.4 is 0 Å². The molecule has 9 heteroatoms. The highest BCUT2D eigenvalue weighted by molar-refractivity contribution is 6.02. The number of aromatic nitrogens is 4. The number of nitrogens with zero attached hydrogens (tertiary/aromatic N) is 4. The molecule has 0 aliphatic heterocycles. The first-order chi connectivity index (χ1) is 13.9. The van der Waals surface area contributed by atoms with E-state index in [-0.39, 0.29) is 28.7 Å². The van der Waals surface area contributed by atoms with Crippen molar-refractivity contribution in [3.63, 3.8) is 0 Å². The summed E-state index contributed by atoms with van der Waals surface area (Å²) in [5.74, 6) is -3.06. The van der Waals surface area contributed by atoms with Crippen molar-refractivity contribution in [2.45, 2.75) is 6.54 Å². The molecule has 148 valence electrons. The molecule has 0 bridgehead atoms. The summed E-state index contributed by atoms with van der Waals surface area (Å²) in [4.78, 5) is 12.0. The molecule has 0 saturated heterocycles. The van der Waals surface area contributed by atoms with Gasteiger partial charge in [-0.1, -0.05) is 12.1 Å². The SMILES string of the molecule is COC(=O)c1nn(Cc2ccc(-c3cnn(C)c3)cc2F)c2c(F)ccc(F)c12. The van der Waals surface area contributed by atoms with Gasteiger partial charge in [-0.25, -0.2) is 18.0 Å². The van der Waals surface area contributed by atoms with Gasteiger partial charge in [0.05, 0.1) is 25.2 Å². The summed E-state index contributed by atoms with van der Waals surface area (Å²) in [5.41, 5.74) is 0.955. The van der Waals surface area contributed by atoms with Crippen LogP contribution in [0.2, 0.25) is 0 Å². The molecule has 0 spiro atoms. The van der Waals surface area contributed by atoms with Crippen LogP contribution in [0.15, 0.2) is 42.7 Å².